The average molecular weight is 355 g/mol. The van der Waals surface area contributed by atoms with Gasteiger partial charge in [0.15, 0.2) is 5.96 Å². The van der Waals surface area contributed by atoms with Crippen molar-refractivity contribution in [1.29, 1.82) is 0 Å². The van der Waals surface area contributed by atoms with Gasteiger partial charge in [-0.25, -0.2) is 9.98 Å². The molecule has 0 spiro atoms. The first-order valence-electron chi connectivity index (χ1n) is 9.34. The van der Waals surface area contributed by atoms with Crippen LogP contribution in [0.2, 0.25) is 0 Å². The number of methoxy groups -OCH3 is 1. The number of aromatic nitrogens is 2. The van der Waals surface area contributed by atoms with Crippen LogP contribution >= 0.6 is 0 Å². The molecule has 0 saturated carbocycles. The number of ether oxygens (including phenoxy) is 1. The van der Waals surface area contributed by atoms with Crippen LogP contribution in [-0.4, -0.2) is 53.8 Å². The van der Waals surface area contributed by atoms with E-state index in [-0.39, 0.29) is 0 Å². The van der Waals surface area contributed by atoms with Gasteiger partial charge in [-0.3, -0.25) is 0 Å². The van der Waals surface area contributed by atoms with Crippen LogP contribution in [0.3, 0.4) is 0 Å². The molecule has 1 N–H and O–H groups in total. The molecule has 0 amide bonds. The van der Waals surface area contributed by atoms with Gasteiger partial charge in [0.2, 0.25) is 0 Å². The Hall–Kier alpha value is -2.34. The van der Waals surface area contributed by atoms with Gasteiger partial charge in [-0.2, -0.15) is 0 Å². The van der Waals surface area contributed by atoms with E-state index in [1.807, 2.05) is 12.5 Å². The lowest BCUT2D eigenvalue weighted by Crippen LogP contribution is -2.40. The minimum Gasteiger partial charge on any atom is -0.384 e. The predicted octanol–water partition coefficient (Wildman–Crippen LogP) is 2.37. The Morgan fingerprint density at radius 1 is 1.31 bits per heavy atom. The van der Waals surface area contributed by atoms with Crippen LogP contribution in [0, 0.1) is 5.92 Å². The number of hydrogen-bond donors (Lipinski definition) is 1. The summed E-state index contributed by atoms with van der Waals surface area (Å²) in [5, 5.41) is 3.42. The molecular formula is C20H29N5O. The number of nitrogens with zero attached hydrogens (tertiary/aromatic N) is 4. The molecule has 6 nitrogen and oxygen atoms in total. The second-order valence-corrected chi connectivity index (χ2v) is 6.78. The molecule has 1 aliphatic heterocycles. The maximum atomic E-state index is 5.30. The Morgan fingerprint density at radius 3 is 2.81 bits per heavy atom. The summed E-state index contributed by atoms with van der Waals surface area (Å²) in [6.07, 6.45) is 6.80. The summed E-state index contributed by atoms with van der Waals surface area (Å²) in [5.74, 6) is 1.61. The number of guanidine groups is 1. The van der Waals surface area contributed by atoms with E-state index in [0.717, 1.165) is 38.7 Å². The lowest BCUT2D eigenvalue weighted by Gasteiger charge is -2.21. The van der Waals surface area contributed by atoms with E-state index in [0.29, 0.717) is 12.5 Å². The van der Waals surface area contributed by atoms with Crippen LogP contribution in [0.4, 0.5) is 0 Å². The molecule has 0 radical (unpaired) electrons. The zero-order chi connectivity index (χ0) is 18.2. The third kappa shape index (κ3) is 5.08. The Labute approximate surface area is 155 Å². The molecule has 26 heavy (non-hydrogen) atoms. The molecule has 140 valence electrons. The van der Waals surface area contributed by atoms with E-state index in [4.69, 9.17) is 9.73 Å². The third-order valence-corrected chi connectivity index (χ3v) is 4.68. The fraction of sp³-hybridized carbons (Fsp3) is 0.500. The van der Waals surface area contributed by atoms with E-state index in [1.54, 1.807) is 13.3 Å². The van der Waals surface area contributed by atoms with Crippen LogP contribution in [0.25, 0.3) is 0 Å². The summed E-state index contributed by atoms with van der Waals surface area (Å²) in [7, 11) is 1.78. The van der Waals surface area contributed by atoms with Gasteiger partial charge < -0.3 is 19.5 Å². The molecule has 6 heteroatoms. The predicted molar refractivity (Wildman–Crippen MR) is 104 cm³/mol. The Balaban J connectivity index is 1.58. The molecule has 1 aliphatic rings. The Morgan fingerprint density at radius 2 is 2.12 bits per heavy atom. The van der Waals surface area contributed by atoms with Crippen LogP contribution in [0.15, 0.2) is 48.0 Å². The van der Waals surface area contributed by atoms with Crippen molar-refractivity contribution in [2.45, 2.75) is 26.4 Å². The van der Waals surface area contributed by atoms with E-state index in [1.165, 1.54) is 17.5 Å². The maximum absolute atomic E-state index is 5.30. The maximum Gasteiger partial charge on any atom is 0.194 e. The number of rotatable bonds is 7. The lowest BCUT2D eigenvalue weighted by molar-refractivity contribution is 0.157. The van der Waals surface area contributed by atoms with Crippen molar-refractivity contribution in [3.63, 3.8) is 0 Å². The summed E-state index contributed by atoms with van der Waals surface area (Å²) in [5.41, 5.74) is 2.49. The van der Waals surface area contributed by atoms with Gasteiger partial charge in [0.25, 0.3) is 0 Å². The summed E-state index contributed by atoms with van der Waals surface area (Å²) < 4.78 is 7.37. The number of hydrogen-bond acceptors (Lipinski definition) is 3. The van der Waals surface area contributed by atoms with E-state index < -0.39 is 0 Å². The molecule has 1 aromatic heterocycles. The van der Waals surface area contributed by atoms with Gasteiger partial charge in [-0.1, -0.05) is 24.3 Å². The molecule has 1 saturated heterocycles. The largest absolute Gasteiger partial charge is 0.384 e. The summed E-state index contributed by atoms with van der Waals surface area (Å²) in [6, 6.07) is 8.67. The van der Waals surface area contributed by atoms with Gasteiger partial charge in [-0.15, -0.1) is 0 Å². The van der Waals surface area contributed by atoms with Gasteiger partial charge in [0.05, 0.1) is 19.5 Å². The highest BCUT2D eigenvalue weighted by Crippen LogP contribution is 2.17. The van der Waals surface area contributed by atoms with Gasteiger partial charge in [0, 0.05) is 51.6 Å². The lowest BCUT2D eigenvalue weighted by atomic mass is 10.1. The minimum absolute atomic E-state index is 0.603. The second kappa shape index (κ2) is 9.38. The summed E-state index contributed by atoms with van der Waals surface area (Å²) in [4.78, 5) is 11.3. The molecule has 0 bridgehead atoms. The van der Waals surface area contributed by atoms with Crippen molar-refractivity contribution in [3.8, 4) is 0 Å². The van der Waals surface area contributed by atoms with Crippen molar-refractivity contribution in [2.75, 3.05) is 33.4 Å². The number of imidazole rings is 1. The molecule has 2 aromatic rings. The third-order valence-electron chi connectivity index (χ3n) is 4.68. The average Bonchev–Trinajstić information content (AvgIpc) is 3.32. The van der Waals surface area contributed by atoms with Crippen molar-refractivity contribution in [1.82, 2.24) is 19.8 Å². The monoisotopic (exact) mass is 355 g/mol. The van der Waals surface area contributed by atoms with Gasteiger partial charge in [0.1, 0.15) is 0 Å². The minimum atomic E-state index is 0.603. The van der Waals surface area contributed by atoms with Crippen LogP contribution in [0.1, 0.15) is 24.5 Å². The fourth-order valence-corrected chi connectivity index (χ4v) is 3.33. The normalized spacial score (nSPS) is 17.7. The highest BCUT2D eigenvalue weighted by atomic mass is 16.5. The molecular weight excluding hydrogens is 326 g/mol. The smallest absolute Gasteiger partial charge is 0.194 e. The molecule has 1 fully saturated rings. The van der Waals surface area contributed by atoms with E-state index in [9.17, 15) is 0 Å². The van der Waals surface area contributed by atoms with Crippen LogP contribution in [-0.2, 0) is 17.8 Å². The first-order chi connectivity index (χ1) is 12.8. The highest BCUT2D eigenvalue weighted by molar-refractivity contribution is 5.80. The van der Waals surface area contributed by atoms with Crippen LogP contribution < -0.4 is 5.32 Å². The zero-order valence-corrected chi connectivity index (χ0v) is 15.8. The van der Waals surface area contributed by atoms with Gasteiger partial charge >= 0.3 is 0 Å². The molecule has 3 rings (SSSR count). The number of nitrogens with one attached hydrogen (secondary N) is 1. The first-order valence-corrected chi connectivity index (χ1v) is 9.34. The topological polar surface area (TPSA) is 54.7 Å². The molecule has 1 aromatic carbocycles. The standard InChI is InChI=1S/C20H29N5O/c1-3-22-20(25-10-8-19(14-25)15-26-2)23-12-17-4-6-18(7-5-17)13-24-11-9-21-16-24/h4-7,9,11,16,19H,3,8,10,12-15H2,1-2H3,(H,22,23). The van der Waals surface area contributed by atoms with Crippen molar-refractivity contribution >= 4 is 5.96 Å². The first kappa shape index (κ1) is 18.5. The van der Waals surface area contributed by atoms with E-state index >= 15 is 0 Å². The van der Waals surface area contributed by atoms with Gasteiger partial charge in [-0.05, 0) is 24.5 Å². The zero-order valence-electron chi connectivity index (χ0n) is 15.8. The molecule has 2 heterocycles. The SMILES string of the molecule is CCNC(=NCc1ccc(Cn2ccnc2)cc1)N1CCC(COC)C1. The summed E-state index contributed by atoms with van der Waals surface area (Å²) >= 11 is 0. The molecule has 1 unspecified atom stereocenters. The molecule has 1 atom stereocenters. The van der Waals surface area contributed by atoms with Crippen LogP contribution in [0.5, 0.6) is 0 Å². The van der Waals surface area contributed by atoms with E-state index in [2.05, 4.69) is 51.0 Å². The second-order valence-electron chi connectivity index (χ2n) is 6.78. The number of benzene rings is 1. The number of aliphatic imine (C=N–C) groups is 1. The quantitative estimate of drug-likeness (QED) is 0.612. The molecule has 0 aliphatic carbocycles. The highest BCUT2D eigenvalue weighted by Gasteiger charge is 2.24. The summed E-state index contributed by atoms with van der Waals surface area (Å²) in [6.45, 7) is 7.43. The van der Waals surface area contributed by atoms with Crippen molar-refractivity contribution in [2.24, 2.45) is 10.9 Å². The Kier molecular flexibility index (Phi) is 6.66. The van der Waals surface area contributed by atoms with Crippen molar-refractivity contribution in [3.05, 3.63) is 54.1 Å². The fourth-order valence-electron chi connectivity index (χ4n) is 3.33. The van der Waals surface area contributed by atoms with Crippen molar-refractivity contribution < 1.29 is 4.74 Å². The Bertz CT molecular complexity index is 681. The number of likely N-dealkylation sites (tertiary alicyclic amines) is 1.